The maximum Gasteiger partial charge on any atom is 0.140 e. The summed E-state index contributed by atoms with van der Waals surface area (Å²) in [7, 11) is 0. The van der Waals surface area contributed by atoms with Crippen molar-refractivity contribution in [2.45, 2.75) is 13.3 Å². The fraction of sp³-hybridized carbons (Fsp3) is 0.200. The van der Waals surface area contributed by atoms with E-state index in [0.29, 0.717) is 5.69 Å². The van der Waals surface area contributed by atoms with Crippen LogP contribution in [0.1, 0.15) is 16.8 Å². The highest BCUT2D eigenvalue weighted by Gasteiger charge is 2.00. The van der Waals surface area contributed by atoms with Crippen molar-refractivity contribution in [2.75, 3.05) is 11.9 Å². The summed E-state index contributed by atoms with van der Waals surface area (Å²) in [5.41, 5.74) is 3.36. The normalized spacial score (nSPS) is 9.95. The summed E-state index contributed by atoms with van der Waals surface area (Å²) in [6.07, 6.45) is 2.45. The van der Waals surface area contributed by atoms with Crippen LogP contribution in [0.4, 0.5) is 10.1 Å². The molecule has 0 aliphatic heterocycles. The summed E-state index contributed by atoms with van der Waals surface area (Å²) in [5, 5.41) is 11.9. The van der Waals surface area contributed by atoms with Crippen molar-refractivity contribution in [2.24, 2.45) is 0 Å². The van der Waals surface area contributed by atoms with Gasteiger partial charge in [-0.3, -0.25) is 0 Å². The van der Waals surface area contributed by atoms with E-state index in [4.69, 9.17) is 5.26 Å². The highest BCUT2D eigenvalue weighted by Crippen LogP contribution is 2.11. The highest BCUT2D eigenvalue weighted by atomic mass is 19.1. The van der Waals surface area contributed by atoms with Gasteiger partial charge in [0.25, 0.3) is 0 Å². The average Bonchev–Trinajstić information content (AvgIpc) is 2.42. The van der Waals surface area contributed by atoms with Gasteiger partial charge in [0.15, 0.2) is 0 Å². The summed E-state index contributed by atoms with van der Waals surface area (Å²) < 4.78 is 13.0. The summed E-state index contributed by atoms with van der Waals surface area (Å²) in [5.74, 6) is -0.203. The molecular weight excluding hydrogens is 241 g/mol. The number of benzene rings is 1. The van der Waals surface area contributed by atoms with E-state index in [0.717, 1.165) is 29.8 Å². The molecule has 19 heavy (non-hydrogen) atoms. The Balaban J connectivity index is 1.91. The zero-order chi connectivity index (χ0) is 13.7. The maximum absolute atomic E-state index is 13.0. The smallest absolute Gasteiger partial charge is 0.140 e. The van der Waals surface area contributed by atoms with Gasteiger partial charge in [0.1, 0.15) is 17.6 Å². The minimum atomic E-state index is -0.203. The molecule has 1 N–H and O–H groups in total. The van der Waals surface area contributed by atoms with E-state index in [2.05, 4.69) is 10.3 Å². The largest absolute Gasteiger partial charge is 0.383 e. The molecule has 0 saturated heterocycles. The van der Waals surface area contributed by atoms with Crippen LogP contribution in [-0.4, -0.2) is 11.5 Å². The summed E-state index contributed by atoms with van der Waals surface area (Å²) in [4.78, 5) is 3.98. The molecule has 0 fully saturated rings. The first kappa shape index (κ1) is 13.0. The van der Waals surface area contributed by atoms with Crippen molar-refractivity contribution in [3.05, 3.63) is 59.2 Å². The first-order valence-corrected chi connectivity index (χ1v) is 6.04. The van der Waals surface area contributed by atoms with E-state index in [1.165, 1.54) is 6.07 Å². The lowest BCUT2D eigenvalue weighted by atomic mass is 10.1. The standard InChI is InChI=1S/C15H14FN3/c1-11-8-13(16)3-2-12(11)6-7-18-15-5-4-14(9-17)19-10-15/h2-5,8,10,18H,6-7H2,1H3. The van der Waals surface area contributed by atoms with Gasteiger partial charge in [-0.1, -0.05) is 6.07 Å². The molecular formula is C15H14FN3. The van der Waals surface area contributed by atoms with Crippen LogP contribution < -0.4 is 5.32 Å². The minimum Gasteiger partial charge on any atom is -0.383 e. The number of nitrogens with one attached hydrogen (secondary N) is 1. The number of pyridine rings is 1. The second-order valence-electron chi connectivity index (χ2n) is 4.29. The molecule has 0 saturated carbocycles. The number of halogens is 1. The zero-order valence-electron chi connectivity index (χ0n) is 10.7. The molecule has 0 spiro atoms. The van der Waals surface area contributed by atoms with Crippen LogP contribution in [0.5, 0.6) is 0 Å². The summed E-state index contributed by atoms with van der Waals surface area (Å²) in [6, 6.07) is 10.3. The van der Waals surface area contributed by atoms with Crippen molar-refractivity contribution >= 4 is 5.69 Å². The molecule has 96 valence electrons. The third-order valence-electron chi connectivity index (χ3n) is 2.91. The van der Waals surface area contributed by atoms with Crippen molar-refractivity contribution < 1.29 is 4.39 Å². The lowest BCUT2D eigenvalue weighted by Crippen LogP contribution is -2.06. The molecule has 1 aromatic heterocycles. The van der Waals surface area contributed by atoms with Crippen LogP contribution in [0.2, 0.25) is 0 Å². The predicted octanol–water partition coefficient (Wildman–Crippen LogP) is 3.06. The minimum absolute atomic E-state index is 0.203. The van der Waals surface area contributed by atoms with Crippen LogP contribution in [-0.2, 0) is 6.42 Å². The topological polar surface area (TPSA) is 48.7 Å². The van der Waals surface area contributed by atoms with Crippen LogP contribution in [0.3, 0.4) is 0 Å². The van der Waals surface area contributed by atoms with Gasteiger partial charge in [-0.25, -0.2) is 9.37 Å². The monoisotopic (exact) mass is 255 g/mol. The van der Waals surface area contributed by atoms with Crippen molar-refractivity contribution in [3.8, 4) is 6.07 Å². The van der Waals surface area contributed by atoms with Crippen LogP contribution in [0, 0.1) is 24.1 Å². The number of rotatable bonds is 4. The van der Waals surface area contributed by atoms with Gasteiger partial charge in [0.05, 0.1) is 11.9 Å². The molecule has 0 unspecified atom stereocenters. The Kier molecular flexibility index (Phi) is 4.09. The first-order chi connectivity index (χ1) is 9.19. The Bertz CT molecular complexity index is 600. The number of aromatic nitrogens is 1. The number of hydrogen-bond donors (Lipinski definition) is 1. The van der Waals surface area contributed by atoms with E-state index in [1.54, 1.807) is 18.3 Å². The second kappa shape index (κ2) is 5.96. The number of aryl methyl sites for hydroxylation is 1. The van der Waals surface area contributed by atoms with Gasteiger partial charge in [-0.15, -0.1) is 0 Å². The Hall–Kier alpha value is -2.41. The molecule has 2 aromatic rings. The Morgan fingerprint density at radius 1 is 1.32 bits per heavy atom. The third kappa shape index (κ3) is 3.52. The quantitative estimate of drug-likeness (QED) is 0.913. The average molecular weight is 255 g/mol. The molecule has 0 aliphatic rings. The van der Waals surface area contributed by atoms with Crippen LogP contribution in [0.25, 0.3) is 0 Å². The molecule has 0 bridgehead atoms. The Morgan fingerprint density at radius 3 is 2.79 bits per heavy atom. The molecule has 3 nitrogen and oxygen atoms in total. The number of anilines is 1. The van der Waals surface area contributed by atoms with Gasteiger partial charge in [0.2, 0.25) is 0 Å². The number of hydrogen-bond acceptors (Lipinski definition) is 3. The third-order valence-corrected chi connectivity index (χ3v) is 2.91. The highest BCUT2D eigenvalue weighted by molar-refractivity contribution is 5.43. The summed E-state index contributed by atoms with van der Waals surface area (Å²) >= 11 is 0. The fourth-order valence-corrected chi connectivity index (χ4v) is 1.85. The fourth-order valence-electron chi connectivity index (χ4n) is 1.85. The van der Waals surface area contributed by atoms with E-state index < -0.39 is 0 Å². The van der Waals surface area contributed by atoms with E-state index in [9.17, 15) is 4.39 Å². The zero-order valence-corrected chi connectivity index (χ0v) is 10.7. The van der Waals surface area contributed by atoms with Crippen molar-refractivity contribution in [3.63, 3.8) is 0 Å². The number of nitriles is 1. The molecule has 0 amide bonds. The molecule has 1 aromatic carbocycles. The van der Waals surface area contributed by atoms with E-state index in [-0.39, 0.29) is 5.82 Å². The maximum atomic E-state index is 13.0. The molecule has 0 radical (unpaired) electrons. The molecule has 1 heterocycles. The van der Waals surface area contributed by atoms with Crippen molar-refractivity contribution in [1.29, 1.82) is 5.26 Å². The van der Waals surface area contributed by atoms with E-state index >= 15 is 0 Å². The molecule has 2 rings (SSSR count). The molecule has 0 atom stereocenters. The van der Waals surface area contributed by atoms with E-state index in [1.807, 2.05) is 25.1 Å². The van der Waals surface area contributed by atoms with Crippen molar-refractivity contribution in [1.82, 2.24) is 4.98 Å². The molecule has 4 heteroatoms. The van der Waals surface area contributed by atoms with Crippen LogP contribution >= 0.6 is 0 Å². The van der Waals surface area contributed by atoms with Gasteiger partial charge in [-0.2, -0.15) is 5.26 Å². The lowest BCUT2D eigenvalue weighted by Gasteiger charge is -2.08. The SMILES string of the molecule is Cc1cc(F)ccc1CCNc1ccc(C#N)nc1. The van der Waals surface area contributed by atoms with Gasteiger partial charge >= 0.3 is 0 Å². The van der Waals surface area contributed by atoms with Gasteiger partial charge in [0, 0.05) is 6.54 Å². The Morgan fingerprint density at radius 2 is 2.16 bits per heavy atom. The summed E-state index contributed by atoms with van der Waals surface area (Å²) in [6.45, 7) is 2.64. The lowest BCUT2D eigenvalue weighted by molar-refractivity contribution is 0.625. The Labute approximate surface area is 111 Å². The van der Waals surface area contributed by atoms with Crippen LogP contribution in [0.15, 0.2) is 36.5 Å². The second-order valence-corrected chi connectivity index (χ2v) is 4.29. The van der Waals surface area contributed by atoms with Gasteiger partial charge < -0.3 is 5.32 Å². The van der Waals surface area contributed by atoms with Gasteiger partial charge in [-0.05, 0) is 48.7 Å². The number of nitrogens with zero attached hydrogens (tertiary/aromatic N) is 2. The predicted molar refractivity (Wildman–Crippen MR) is 72.3 cm³/mol. The first-order valence-electron chi connectivity index (χ1n) is 6.04. The molecule has 0 aliphatic carbocycles.